The van der Waals surface area contributed by atoms with E-state index in [1.807, 2.05) is 0 Å². The van der Waals surface area contributed by atoms with E-state index in [1.165, 1.54) is 50.5 Å². The van der Waals surface area contributed by atoms with Crippen molar-refractivity contribution < 1.29 is 0 Å². The molecule has 0 radical (unpaired) electrons. The van der Waals surface area contributed by atoms with Gasteiger partial charge < -0.3 is 5.32 Å². The molecular weight excluding hydrogens is 230 g/mol. The summed E-state index contributed by atoms with van der Waals surface area (Å²) in [7, 11) is 2.13. The Morgan fingerprint density at radius 2 is 1.89 bits per heavy atom. The largest absolute Gasteiger partial charge is 0.313 e. The third-order valence-electron chi connectivity index (χ3n) is 5.55. The van der Waals surface area contributed by atoms with Gasteiger partial charge in [-0.25, -0.2) is 0 Å². The predicted molar refractivity (Wildman–Crippen MR) is 81.4 cm³/mol. The van der Waals surface area contributed by atoms with Crippen molar-refractivity contribution >= 4 is 0 Å². The zero-order valence-electron chi connectivity index (χ0n) is 12.4. The first-order valence-electron chi connectivity index (χ1n) is 8.00. The maximum atomic E-state index is 3.60. The molecule has 2 saturated carbocycles. The molecule has 19 heavy (non-hydrogen) atoms. The van der Waals surface area contributed by atoms with E-state index < -0.39 is 0 Å². The van der Waals surface area contributed by atoms with Crippen LogP contribution in [0, 0.1) is 5.41 Å². The van der Waals surface area contributed by atoms with Crippen LogP contribution in [0.4, 0.5) is 0 Å². The van der Waals surface area contributed by atoms with Crippen molar-refractivity contribution in [3.63, 3.8) is 0 Å². The van der Waals surface area contributed by atoms with Crippen LogP contribution in [0.2, 0.25) is 0 Å². The molecule has 1 N–H and O–H groups in total. The standard InChI is InChI=1S/C18H27N/c1-18(11-3-4-12-18)17(19-2)16-10-6-9-15(13-16)14-7-5-8-14/h6,9-10,13-14,17,19H,3-5,7-8,11-12H2,1-2H3. The molecule has 2 aliphatic carbocycles. The summed E-state index contributed by atoms with van der Waals surface area (Å²) in [6.45, 7) is 2.47. The highest BCUT2D eigenvalue weighted by Crippen LogP contribution is 2.47. The van der Waals surface area contributed by atoms with Gasteiger partial charge in [-0.15, -0.1) is 0 Å². The summed E-state index contributed by atoms with van der Waals surface area (Å²) in [4.78, 5) is 0. The maximum absolute atomic E-state index is 3.60. The summed E-state index contributed by atoms with van der Waals surface area (Å²) in [5, 5.41) is 3.60. The first kappa shape index (κ1) is 13.2. The molecule has 0 aliphatic heterocycles. The van der Waals surface area contributed by atoms with E-state index in [0.717, 1.165) is 5.92 Å². The van der Waals surface area contributed by atoms with Gasteiger partial charge in [0.1, 0.15) is 0 Å². The lowest BCUT2D eigenvalue weighted by Gasteiger charge is -2.35. The molecule has 3 rings (SSSR count). The third kappa shape index (κ3) is 2.45. The summed E-state index contributed by atoms with van der Waals surface area (Å²) in [5.74, 6) is 0.842. The van der Waals surface area contributed by atoms with Crippen molar-refractivity contribution in [1.29, 1.82) is 0 Å². The first-order valence-corrected chi connectivity index (χ1v) is 8.00. The molecule has 2 aliphatic rings. The summed E-state index contributed by atoms with van der Waals surface area (Å²) < 4.78 is 0. The number of hydrogen-bond donors (Lipinski definition) is 1. The third-order valence-corrected chi connectivity index (χ3v) is 5.55. The maximum Gasteiger partial charge on any atom is 0.0372 e. The molecule has 1 nitrogen and oxygen atoms in total. The molecule has 0 spiro atoms. The molecule has 104 valence electrons. The van der Waals surface area contributed by atoms with Crippen LogP contribution in [0.25, 0.3) is 0 Å². The first-order chi connectivity index (χ1) is 9.23. The number of hydrogen-bond acceptors (Lipinski definition) is 1. The van der Waals surface area contributed by atoms with Gasteiger partial charge in [0.25, 0.3) is 0 Å². The summed E-state index contributed by atoms with van der Waals surface area (Å²) in [6, 6.07) is 9.93. The molecule has 1 aromatic carbocycles. The zero-order valence-corrected chi connectivity index (χ0v) is 12.4. The zero-order chi connectivity index (χ0) is 13.3. The fraction of sp³-hybridized carbons (Fsp3) is 0.667. The fourth-order valence-electron chi connectivity index (χ4n) is 4.12. The predicted octanol–water partition coefficient (Wildman–Crippen LogP) is 4.79. The molecule has 2 fully saturated rings. The van der Waals surface area contributed by atoms with Crippen LogP contribution in [0.5, 0.6) is 0 Å². The molecule has 0 aromatic heterocycles. The summed E-state index contributed by atoms with van der Waals surface area (Å²) in [5.41, 5.74) is 3.54. The van der Waals surface area contributed by atoms with Crippen molar-refractivity contribution in [1.82, 2.24) is 5.32 Å². The van der Waals surface area contributed by atoms with E-state index in [1.54, 1.807) is 5.56 Å². The van der Waals surface area contributed by atoms with Gasteiger partial charge >= 0.3 is 0 Å². The van der Waals surface area contributed by atoms with Crippen LogP contribution in [-0.2, 0) is 0 Å². The Hall–Kier alpha value is -0.820. The minimum Gasteiger partial charge on any atom is -0.313 e. The van der Waals surface area contributed by atoms with Crippen molar-refractivity contribution in [3.05, 3.63) is 35.4 Å². The number of benzene rings is 1. The smallest absolute Gasteiger partial charge is 0.0372 e. The van der Waals surface area contributed by atoms with Gasteiger partial charge in [0, 0.05) is 6.04 Å². The van der Waals surface area contributed by atoms with Crippen LogP contribution in [0.1, 0.15) is 75.0 Å². The second-order valence-corrected chi connectivity index (χ2v) is 6.88. The SMILES string of the molecule is CNC(c1cccc(C2CCC2)c1)C1(C)CCCC1. The average Bonchev–Trinajstić information content (AvgIpc) is 2.76. The van der Waals surface area contributed by atoms with E-state index in [9.17, 15) is 0 Å². The molecule has 0 heterocycles. The number of rotatable bonds is 4. The Morgan fingerprint density at radius 3 is 2.47 bits per heavy atom. The van der Waals surface area contributed by atoms with Crippen molar-refractivity contribution in [2.24, 2.45) is 5.41 Å². The Morgan fingerprint density at radius 1 is 1.16 bits per heavy atom. The monoisotopic (exact) mass is 257 g/mol. The van der Waals surface area contributed by atoms with Crippen molar-refractivity contribution in [3.8, 4) is 0 Å². The van der Waals surface area contributed by atoms with E-state index in [0.29, 0.717) is 11.5 Å². The topological polar surface area (TPSA) is 12.0 Å². The van der Waals surface area contributed by atoms with Crippen molar-refractivity contribution in [2.45, 2.75) is 63.8 Å². The Labute approximate surface area is 117 Å². The van der Waals surface area contributed by atoms with Gasteiger partial charge in [0.2, 0.25) is 0 Å². The van der Waals surface area contributed by atoms with Gasteiger partial charge in [-0.3, -0.25) is 0 Å². The lowest BCUT2D eigenvalue weighted by atomic mass is 9.75. The molecule has 0 saturated heterocycles. The van der Waals surface area contributed by atoms with Crippen LogP contribution < -0.4 is 5.32 Å². The highest BCUT2D eigenvalue weighted by molar-refractivity contribution is 5.31. The highest BCUT2D eigenvalue weighted by atomic mass is 14.9. The molecule has 1 atom stereocenters. The Bertz CT molecular complexity index is 427. The van der Waals surface area contributed by atoms with E-state index in [4.69, 9.17) is 0 Å². The Balaban J connectivity index is 1.86. The minimum absolute atomic E-state index is 0.451. The van der Waals surface area contributed by atoms with Crippen LogP contribution in [0.15, 0.2) is 24.3 Å². The highest BCUT2D eigenvalue weighted by Gasteiger charge is 2.37. The van der Waals surface area contributed by atoms with Crippen LogP contribution >= 0.6 is 0 Å². The molecule has 1 aromatic rings. The van der Waals surface area contributed by atoms with Crippen LogP contribution in [0.3, 0.4) is 0 Å². The second kappa shape index (κ2) is 5.28. The fourth-order valence-corrected chi connectivity index (χ4v) is 4.12. The van der Waals surface area contributed by atoms with Gasteiger partial charge in [-0.1, -0.05) is 50.5 Å². The molecule has 0 bridgehead atoms. The molecule has 0 amide bonds. The molecule has 1 heteroatoms. The summed E-state index contributed by atoms with van der Waals surface area (Å²) >= 11 is 0. The second-order valence-electron chi connectivity index (χ2n) is 6.88. The minimum atomic E-state index is 0.451. The average molecular weight is 257 g/mol. The molecular formula is C18H27N. The van der Waals surface area contributed by atoms with E-state index in [2.05, 4.69) is 43.6 Å². The van der Waals surface area contributed by atoms with E-state index >= 15 is 0 Å². The van der Waals surface area contributed by atoms with Gasteiger partial charge in [-0.2, -0.15) is 0 Å². The van der Waals surface area contributed by atoms with Gasteiger partial charge in [0.05, 0.1) is 0 Å². The van der Waals surface area contributed by atoms with Crippen LogP contribution in [-0.4, -0.2) is 7.05 Å². The normalized spacial score (nSPS) is 24.1. The Kier molecular flexibility index (Phi) is 3.66. The molecule has 1 unspecified atom stereocenters. The van der Waals surface area contributed by atoms with Gasteiger partial charge in [0.15, 0.2) is 0 Å². The lowest BCUT2D eigenvalue weighted by molar-refractivity contribution is 0.233. The van der Waals surface area contributed by atoms with Crippen molar-refractivity contribution in [2.75, 3.05) is 7.05 Å². The van der Waals surface area contributed by atoms with Gasteiger partial charge in [-0.05, 0) is 55.2 Å². The van der Waals surface area contributed by atoms with E-state index in [-0.39, 0.29) is 0 Å². The summed E-state index contributed by atoms with van der Waals surface area (Å²) in [6.07, 6.45) is 9.74. The lowest BCUT2D eigenvalue weighted by Crippen LogP contribution is -2.32. The quantitative estimate of drug-likeness (QED) is 0.817. The number of nitrogens with one attached hydrogen (secondary N) is 1.